The third kappa shape index (κ3) is 3.50. The lowest BCUT2D eigenvalue weighted by atomic mass is 9.98. The highest BCUT2D eigenvalue weighted by molar-refractivity contribution is 6.51. The molecular formula is C24H20ClNO6. The SMILES string of the molecule is COc1ccc(/C(O)=C2/C(=O)C(=O)N(c3ccc(Cl)cc3C)C2c2ccco2)cc1OC. The molecule has 1 fully saturated rings. The highest BCUT2D eigenvalue weighted by Gasteiger charge is 2.48. The lowest BCUT2D eigenvalue weighted by Crippen LogP contribution is -2.29. The second-order valence-electron chi connectivity index (χ2n) is 7.19. The van der Waals surface area contributed by atoms with E-state index in [0.717, 1.165) is 0 Å². The fourth-order valence-electron chi connectivity index (χ4n) is 3.83. The number of rotatable bonds is 5. The summed E-state index contributed by atoms with van der Waals surface area (Å²) in [5.74, 6) is -0.787. The van der Waals surface area contributed by atoms with Crippen LogP contribution in [0.5, 0.6) is 11.5 Å². The number of aliphatic hydroxyl groups excluding tert-OH is 1. The Balaban J connectivity index is 1.93. The van der Waals surface area contributed by atoms with Crippen molar-refractivity contribution in [2.45, 2.75) is 13.0 Å². The Labute approximate surface area is 189 Å². The standard InChI is InChI=1S/C24H20ClNO6/c1-13-11-15(25)7-8-16(13)26-21(18-5-4-10-32-18)20(23(28)24(26)29)22(27)14-6-9-17(30-2)19(12-14)31-3/h4-12,21,27H,1-3H3/b22-20-. The van der Waals surface area contributed by atoms with Gasteiger partial charge in [0.05, 0.1) is 26.1 Å². The number of Topliss-reactive ketones (excluding diaryl/α,β-unsaturated/α-hetero) is 1. The van der Waals surface area contributed by atoms with Crippen LogP contribution in [0.2, 0.25) is 5.02 Å². The van der Waals surface area contributed by atoms with Crippen LogP contribution >= 0.6 is 11.6 Å². The zero-order valence-electron chi connectivity index (χ0n) is 17.6. The lowest BCUT2D eigenvalue weighted by molar-refractivity contribution is -0.132. The van der Waals surface area contributed by atoms with Crippen molar-refractivity contribution in [2.75, 3.05) is 19.1 Å². The Morgan fingerprint density at radius 1 is 1.06 bits per heavy atom. The number of hydrogen-bond acceptors (Lipinski definition) is 6. The Morgan fingerprint density at radius 3 is 2.44 bits per heavy atom. The summed E-state index contributed by atoms with van der Waals surface area (Å²) in [7, 11) is 2.96. The van der Waals surface area contributed by atoms with Crippen molar-refractivity contribution in [3.63, 3.8) is 0 Å². The molecule has 1 amide bonds. The van der Waals surface area contributed by atoms with Gasteiger partial charge in [-0.25, -0.2) is 0 Å². The normalized spacial score (nSPS) is 17.6. The molecule has 0 spiro atoms. The summed E-state index contributed by atoms with van der Waals surface area (Å²) in [6.07, 6.45) is 1.45. The van der Waals surface area contributed by atoms with E-state index in [2.05, 4.69) is 0 Å². The fraction of sp³-hybridized carbons (Fsp3) is 0.167. The van der Waals surface area contributed by atoms with Crippen molar-refractivity contribution in [1.82, 2.24) is 0 Å². The summed E-state index contributed by atoms with van der Waals surface area (Å²) >= 11 is 6.08. The van der Waals surface area contributed by atoms with E-state index in [4.69, 9.17) is 25.5 Å². The largest absolute Gasteiger partial charge is 0.507 e. The van der Waals surface area contributed by atoms with Crippen molar-refractivity contribution in [1.29, 1.82) is 0 Å². The average Bonchev–Trinajstić information content (AvgIpc) is 3.40. The maximum atomic E-state index is 13.1. The first-order valence-electron chi connectivity index (χ1n) is 9.70. The Bertz CT molecular complexity index is 1230. The molecule has 0 aliphatic carbocycles. The molecule has 1 N–H and O–H groups in total. The second-order valence-corrected chi connectivity index (χ2v) is 7.62. The Morgan fingerprint density at radius 2 is 1.81 bits per heavy atom. The zero-order valence-corrected chi connectivity index (χ0v) is 18.3. The Kier molecular flexibility index (Phi) is 5.67. The topological polar surface area (TPSA) is 89.2 Å². The van der Waals surface area contributed by atoms with Gasteiger partial charge in [-0.05, 0) is 61.0 Å². The van der Waals surface area contributed by atoms with E-state index >= 15 is 0 Å². The molecule has 1 unspecified atom stereocenters. The van der Waals surface area contributed by atoms with Gasteiger partial charge in [0.15, 0.2) is 11.5 Å². The van der Waals surface area contributed by atoms with E-state index in [1.165, 1.54) is 31.4 Å². The molecule has 1 aromatic heterocycles. The van der Waals surface area contributed by atoms with Crippen LogP contribution in [0.25, 0.3) is 5.76 Å². The van der Waals surface area contributed by atoms with Crippen LogP contribution in [-0.2, 0) is 9.59 Å². The van der Waals surface area contributed by atoms with Crippen molar-refractivity contribution in [3.05, 3.63) is 82.3 Å². The molecule has 3 aromatic rings. The van der Waals surface area contributed by atoms with Gasteiger partial charge >= 0.3 is 0 Å². The predicted octanol–water partition coefficient (Wildman–Crippen LogP) is 4.88. The fourth-order valence-corrected chi connectivity index (χ4v) is 4.05. The van der Waals surface area contributed by atoms with E-state index in [-0.39, 0.29) is 11.3 Å². The van der Waals surface area contributed by atoms with Crippen LogP contribution in [0, 0.1) is 6.92 Å². The Hall–Kier alpha value is -3.71. The number of carbonyl (C=O) groups is 2. The van der Waals surface area contributed by atoms with Gasteiger partial charge in [-0.3, -0.25) is 14.5 Å². The molecule has 4 rings (SSSR count). The molecule has 1 saturated heterocycles. The first kappa shape index (κ1) is 21.5. The number of ether oxygens (including phenoxy) is 2. The monoisotopic (exact) mass is 453 g/mol. The van der Waals surface area contributed by atoms with E-state index in [9.17, 15) is 14.7 Å². The zero-order chi connectivity index (χ0) is 23.0. The van der Waals surface area contributed by atoms with Gasteiger partial charge in [0.1, 0.15) is 17.6 Å². The van der Waals surface area contributed by atoms with Crippen molar-refractivity contribution < 1.29 is 28.6 Å². The minimum atomic E-state index is -0.960. The third-order valence-corrected chi connectivity index (χ3v) is 5.57. The molecule has 7 nitrogen and oxygen atoms in total. The minimum absolute atomic E-state index is 0.0912. The number of halogens is 1. The van der Waals surface area contributed by atoms with Gasteiger partial charge in [-0.1, -0.05) is 11.6 Å². The number of benzene rings is 2. The summed E-state index contributed by atoms with van der Waals surface area (Å²) in [4.78, 5) is 27.6. The van der Waals surface area contributed by atoms with Crippen molar-refractivity contribution in [3.8, 4) is 11.5 Å². The number of nitrogens with zero attached hydrogens (tertiary/aromatic N) is 1. The molecule has 0 saturated carbocycles. The number of carbonyl (C=O) groups excluding carboxylic acids is 2. The van der Waals surface area contributed by atoms with Crippen LogP contribution in [0.3, 0.4) is 0 Å². The van der Waals surface area contributed by atoms with Gasteiger partial charge in [0.25, 0.3) is 11.7 Å². The van der Waals surface area contributed by atoms with Gasteiger partial charge in [0.2, 0.25) is 0 Å². The molecule has 0 radical (unpaired) electrons. The maximum Gasteiger partial charge on any atom is 0.300 e. The van der Waals surface area contributed by atoms with Crippen LogP contribution in [0.1, 0.15) is 22.9 Å². The quantitative estimate of drug-likeness (QED) is 0.336. The molecule has 1 atom stereocenters. The summed E-state index contributed by atoms with van der Waals surface area (Å²) < 4.78 is 16.1. The number of anilines is 1. The second kappa shape index (κ2) is 8.43. The highest BCUT2D eigenvalue weighted by Crippen LogP contribution is 2.44. The number of amides is 1. The van der Waals surface area contributed by atoms with Crippen LogP contribution in [0.15, 0.2) is 64.8 Å². The molecule has 0 bridgehead atoms. The van der Waals surface area contributed by atoms with Gasteiger partial charge in [-0.15, -0.1) is 0 Å². The number of furan rings is 1. The number of aryl methyl sites for hydroxylation is 1. The smallest absolute Gasteiger partial charge is 0.300 e. The average molecular weight is 454 g/mol. The summed E-state index contributed by atoms with van der Waals surface area (Å²) in [5.41, 5.74) is 1.39. The lowest BCUT2D eigenvalue weighted by Gasteiger charge is -2.25. The van der Waals surface area contributed by atoms with Gasteiger partial charge in [0, 0.05) is 16.3 Å². The summed E-state index contributed by atoms with van der Waals surface area (Å²) in [6, 6.07) is 12.1. The van der Waals surface area contributed by atoms with Crippen molar-refractivity contribution in [2.24, 2.45) is 0 Å². The van der Waals surface area contributed by atoms with E-state index < -0.39 is 17.7 Å². The predicted molar refractivity (Wildman–Crippen MR) is 119 cm³/mol. The first-order chi connectivity index (χ1) is 15.4. The first-order valence-corrected chi connectivity index (χ1v) is 10.1. The number of hydrogen-bond donors (Lipinski definition) is 1. The third-order valence-electron chi connectivity index (χ3n) is 5.33. The van der Waals surface area contributed by atoms with E-state index in [0.29, 0.717) is 39.1 Å². The summed E-state index contributed by atoms with van der Waals surface area (Å²) in [5, 5.41) is 11.7. The molecule has 32 heavy (non-hydrogen) atoms. The highest BCUT2D eigenvalue weighted by atomic mass is 35.5. The van der Waals surface area contributed by atoms with Crippen LogP contribution in [0.4, 0.5) is 5.69 Å². The molecule has 2 aromatic carbocycles. The molecule has 1 aliphatic rings. The van der Waals surface area contributed by atoms with Crippen LogP contribution < -0.4 is 14.4 Å². The summed E-state index contributed by atoms with van der Waals surface area (Å²) in [6.45, 7) is 1.79. The number of methoxy groups -OCH3 is 2. The van der Waals surface area contributed by atoms with Gasteiger partial charge < -0.3 is 19.0 Å². The molecule has 1 aliphatic heterocycles. The number of aliphatic hydroxyl groups is 1. The minimum Gasteiger partial charge on any atom is -0.507 e. The molecule has 8 heteroatoms. The number of ketones is 1. The molecule has 2 heterocycles. The molecular weight excluding hydrogens is 434 g/mol. The van der Waals surface area contributed by atoms with Crippen LogP contribution in [-0.4, -0.2) is 31.0 Å². The molecule has 164 valence electrons. The van der Waals surface area contributed by atoms with E-state index in [1.54, 1.807) is 49.4 Å². The maximum absolute atomic E-state index is 13.1. The van der Waals surface area contributed by atoms with E-state index in [1.807, 2.05) is 0 Å². The van der Waals surface area contributed by atoms with Crippen molar-refractivity contribution >= 4 is 34.7 Å². The van der Waals surface area contributed by atoms with Gasteiger partial charge in [-0.2, -0.15) is 0 Å².